The smallest absolute Gasteiger partial charge is 0.167 e. The molecule has 0 radical (unpaired) electrons. The van der Waals surface area contributed by atoms with Crippen LogP contribution in [0.2, 0.25) is 0 Å². The quantitative estimate of drug-likeness (QED) is 0.839. The molecule has 0 atom stereocenters. The van der Waals surface area contributed by atoms with Crippen molar-refractivity contribution < 1.29 is 13.9 Å². The molecule has 0 saturated carbocycles. The summed E-state index contributed by atoms with van der Waals surface area (Å²) in [5, 5.41) is 8.67. The van der Waals surface area contributed by atoms with Gasteiger partial charge < -0.3 is 9.47 Å². The molecule has 4 heteroatoms. The minimum Gasteiger partial charge on any atom is -0.454 e. The molecule has 0 saturated heterocycles. The molecule has 2 rings (SSSR count). The first-order chi connectivity index (χ1) is 9.22. The van der Waals surface area contributed by atoms with Crippen LogP contribution < -0.4 is 4.74 Å². The lowest BCUT2D eigenvalue weighted by Gasteiger charge is -2.08. The van der Waals surface area contributed by atoms with Gasteiger partial charge >= 0.3 is 0 Å². The van der Waals surface area contributed by atoms with Crippen LogP contribution in [0.4, 0.5) is 4.39 Å². The molecular formula is C15H12FNO2. The highest BCUT2D eigenvalue weighted by Crippen LogP contribution is 2.25. The molecule has 2 aromatic carbocycles. The first kappa shape index (κ1) is 13.1. The Morgan fingerprint density at radius 1 is 1.21 bits per heavy atom. The molecule has 2 aromatic rings. The van der Waals surface area contributed by atoms with E-state index in [0.29, 0.717) is 12.4 Å². The topological polar surface area (TPSA) is 42.2 Å². The number of nitriles is 1. The lowest BCUT2D eigenvalue weighted by Crippen LogP contribution is -1.92. The Balaban J connectivity index is 2.21. The molecule has 0 amide bonds. The zero-order valence-corrected chi connectivity index (χ0v) is 10.4. The van der Waals surface area contributed by atoms with E-state index in [0.717, 1.165) is 11.6 Å². The van der Waals surface area contributed by atoms with E-state index in [9.17, 15) is 4.39 Å². The normalized spacial score (nSPS) is 9.95. The Morgan fingerprint density at radius 2 is 2.05 bits per heavy atom. The van der Waals surface area contributed by atoms with Gasteiger partial charge in [-0.3, -0.25) is 0 Å². The highest BCUT2D eigenvalue weighted by Gasteiger charge is 2.06. The summed E-state index contributed by atoms with van der Waals surface area (Å²) < 4.78 is 24.1. The van der Waals surface area contributed by atoms with Crippen LogP contribution in [0.25, 0.3) is 0 Å². The second kappa shape index (κ2) is 5.98. The van der Waals surface area contributed by atoms with Gasteiger partial charge in [0.2, 0.25) is 0 Å². The maximum absolute atomic E-state index is 13.7. The number of methoxy groups -OCH3 is 1. The average Bonchev–Trinajstić information content (AvgIpc) is 2.42. The molecule has 0 fully saturated rings. The molecule has 0 aliphatic rings. The van der Waals surface area contributed by atoms with E-state index in [1.807, 2.05) is 18.2 Å². The van der Waals surface area contributed by atoms with Gasteiger partial charge in [-0.1, -0.05) is 12.1 Å². The van der Waals surface area contributed by atoms with Crippen molar-refractivity contribution in [3.63, 3.8) is 0 Å². The van der Waals surface area contributed by atoms with Crippen LogP contribution in [-0.4, -0.2) is 7.11 Å². The number of rotatable bonds is 4. The molecule has 19 heavy (non-hydrogen) atoms. The molecule has 0 aromatic heterocycles. The Labute approximate surface area is 110 Å². The fourth-order valence-corrected chi connectivity index (χ4v) is 1.65. The number of hydrogen-bond acceptors (Lipinski definition) is 3. The number of nitrogens with zero attached hydrogens (tertiary/aromatic N) is 1. The molecule has 0 aliphatic carbocycles. The van der Waals surface area contributed by atoms with Crippen molar-refractivity contribution in [2.24, 2.45) is 0 Å². The summed E-state index contributed by atoms with van der Waals surface area (Å²) in [5.74, 6) is 0.0583. The van der Waals surface area contributed by atoms with Gasteiger partial charge in [-0.25, -0.2) is 4.39 Å². The maximum atomic E-state index is 13.7. The SMILES string of the molecule is COCc1cccc(Oc2ccc(C#N)cc2F)c1. The van der Waals surface area contributed by atoms with Crippen LogP contribution in [0.3, 0.4) is 0 Å². The summed E-state index contributed by atoms with van der Waals surface area (Å²) in [7, 11) is 1.60. The zero-order chi connectivity index (χ0) is 13.7. The highest BCUT2D eigenvalue weighted by molar-refractivity contribution is 5.39. The number of halogens is 1. The van der Waals surface area contributed by atoms with Gasteiger partial charge in [0.25, 0.3) is 0 Å². The van der Waals surface area contributed by atoms with Crippen LogP contribution in [0.5, 0.6) is 11.5 Å². The van der Waals surface area contributed by atoms with Crippen LogP contribution in [-0.2, 0) is 11.3 Å². The first-order valence-corrected chi connectivity index (χ1v) is 5.68. The van der Waals surface area contributed by atoms with Crippen molar-refractivity contribution in [2.75, 3.05) is 7.11 Å². The Bertz CT molecular complexity index is 620. The third-order valence-corrected chi connectivity index (χ3v) is 2.50. The van der Waals surface area contributed by atoms with E-state index >= 15 is 0 Å². The van der Waals surface area contributed by atoms with Gasteiger partial charge in [-0.15, -0.1) is 0 Å². The fourth-order valence-electron chi connectivity index (χ4n) is 1.65. The minimum atomic E-state index is -0.559. The predicted octanol–water partition coefficient (Wildman–Crippen LogP) is 3.64. The summed E-state index contributed by atoms with van der Waals surface area (Å²) in [6.45, 7) is 0.465. The summed E-state index contributed by atoms with van der Waals surface area (Å²) in [6, 6.07) is 13.2. The number of hydrogen-bond donors (Lipinski definition) is 0. The zero-order valence-electron chi connectivity index (χ0n) is 10.4. The van der Waals surface area contributed by atoms with E-state index in [1.165, 1.54) is 12.1 Å². The molecule has 0 N–H and O–H groups in total. The van der Waals surface area contributed by atoms with Crippen LogP contribution >= 0.6 is 0 Å². The molecular weight excluding hydrogens is 245 g/mol. The van der Waals surface area contributed by atoms with Crippen LogP contribution in [0, 0.1) is 17.1 Å². The van der Waals surface area contributed by atoms with Gasteiger partial charge in [0.15, 0.2) is 11.6 Å². The van der Waals surface area contributed by atoms with Crippen LogP contribution in [0.1, 0.15) is 11.1 Å². The summed E-state index contributed by atoms with van der Waals surface area (Å²) >= 11 is 0. The van der Waals surface area contributed by atoms with Crippen molar-refractivity contribution in [3.8, 4) is 17.6 Å². The molecule has 96 valence electrons. The van der Waals surface area contributed by atoms with E-state index in [-0.39, 0.29) is 11.3 Å². The molecule has 0 unspecified atom stereocenters. The third kappa shape index (κ3) is 3.30. The van der Waals surface area contributed by atoms with Gasteiger partial charge in [-0.2, -0.15) is 5.26 Å². The van der Waals surface area contributed by atoms with Gasteiger partial charge in [-0.05, 0) is 35.9 Å². The molecule has 3 nitrogen and oxygen atoms in total. The average molecular weight is 257 g/mol. The number of benzene rings is 2. The molecule has 0 bridgehead atoms. The third-order valence-electron chi connectivity index (χ3n) is 2.50. The number of ether oxygens (including phenoxy) is 2. The Morgan fingerprint density at radius 3 is 2.74 bits per heavy atom. The van der Waals surface area contributed by atoms with Crippen LogP contribution in [0.15, 0.2) is 42.5 Å². The highest BCUT2D eigenvalue weighted by atomic mass is 19.1. The van der Waals surface area contributed by atoms with Crippen molar-refractivity contribution in [1.82, 2.24) is 0 Å². The summed E-state index contributed by atoms with van der Waals surface area (Å²) in [6.07, 6.45) is 0. The standard InChI is InChI=1S/C15H12FNO2/c1-18-10-12-3-2-4-13(7-12)19-15-6-5-11(9-17)8-14(15)16/h2-8H,10H2,1H3. The van der Waals surface area contributed by atoms with E-state index in [4.69, 9.17) is 14.7 Å². The van der Waals surface area contributed by atoms with Crippen molar-refractivity contribution >= 4 is 0 Å². The molecule has 0 aliphatic heterocycles. The Hall–Kier alpha value is -2.38. The predicted molar refractivity (Wildman–Crippen MR) is 68.3 cm³/mol. The Kier molecular flexibility index (Phi) is 4.11. The van der Waals surface area contributed by atoms with Gasteiger partial charge in [0.1, 0.15) is 5.75 Å². The monoisotopic (exact) mass is 257 g/mol. The van der Waals surface area contributed by atoms with E-state index < -0.39 is 5.82 Å². The lowest BCUT2D eigenvalue weighted by molar-refractivity contribution is 0.184. The fraction of sp³-hybridized carbons (Fsp3) is 0.133. The van der Waals surface area contributed by atoms with Gasteiger partial charge in [0, 0.05) is 7.11 Å². The molecule has 0 heterocycles. The van der Waals surface area contributed by atoms with E-state index in [1.54, 1.807) is 19.2 Å². The van der Waals surface area contributed by atoms with Crippen molar-refractivity contribution in [3.05, 3.63) is 59.4 Å². The summed E-state index contributed by atoms with van der Waals surface area (Å²) in [5.41, 5.74) is 1.20. The summed E-state index contributed by atoms with van der Waals surface area (Å²) in [4.78, 5) is 0. The minimum absolute atomic E-state index is 0.0913. The maximum Gasteiger partial charge on any atom is 0.167 e. The lowest BCUT2D eigenvalue weighted by atomic mass is 10.2. The first-order valence-electron chi connectivity index (χ1n) is 5.68. The van der Waals surface area contributed by atoms with E-state index in [2.05, 4.69) is 0 Å². The van der Waals surface area contributed by atoms with Crippen molar-refractivity contribution in [1.29, 1.82) is 5.26 Å². The second-order valence-electron chi connectivity index (χ2n) is 3.94. The largest absolute Gasteiger partial charge is 0.454 e. The second-order valence-corrected chi connectivity index (χ2v) is 3.94. The molecule has 0 spiro atoms. The van der Waals surface area contributed by atoms with Gasteiger partial charge in [0.05, 0.1) is 18.2 Å². The van der Waals surface area contributed by atoms with Crippen molar-refractivity contribution in [2.45, 2.75) is 6.61 Å².